The molecule has 0 N–H and O–H groups in total. The minimum Gasteiger partial charge on any atom is -0.411 e. The highest BCUT2D eigenvalue weighted by Gasteiger charge is 2.18. The van der Waals surface area contributed by atoms with Crippen LogP contribution in [-0.4, -0.2) is 20.3 Å². The first-order chi connectivity index (χ1) is 10.1. The first kappa shape index (κ1) is 14.3. The molecule has 0 radical (unpaired) electrons. The van der Waals surface area contributed by atoms with Crippen molar-refractivity contribution in [3.63, 3.8) is 0 Å². The summed E-state index contributed by atoms with van der Waals surface area (Å²) in [6.07, 6.45) is 0. The van der Waals surface area contributed by atoms with Crippen LogP contribution in [0.15, 0.2) is 42.9 Å². The highest BCUT2D eigenvalue weighted by Crippen LogP contribution is 2.34. The Bertz CT molecular complexity index is 758. The molecule has 0 amide bonds. The Balaban J connectivity index is 1.76. The fraction of sp³-hybridized carbons (Fsp3) is 0.231. The number of thioether (sulfide) groups is 1. The predicted molar refractivity (Wildman–Crippen MR) is 80.7 cm³/mol. The lowest BCUT2D eigenvalue weighted by atomic mass is 10.2. The topological polar surface area (TPSA) is 77.8 Å². The zero-order chi connectivity index (χ0) is 14.8. The van der Waals surface area contributed by atoms with Crippen LogP contribution >= 0.6 is 27.7 Å². The molecule has 1 atom stereocenters. The minimum atomic E-state index is -0.0537. The highest BCUT2D eigenvalue weighted by molar-refractivity contribution is 9.10. The molecule has 0 saturated heterocycles. The molecule has 6 nitrogen and oxygen atoms in total. The molecule has 0 aliphatic heterocycles. The monoisotopic (exact) mass is 366 g/mol. The number of rotatable bonds is 4. The van der Waals surface area contributed by atoms with E-state index in [2.05, 4.69) is 36.3 Å². The van der Waals surface area contributed by atoms with Crippen molar-refractivity contribution >= 4 is 27.7 Å². The second-order valence-electron chi connectivity index (χ2n) is 4.32. The summed E-state index contributed by atoms with van der Waals surface area (Å²) in [6, 6.07) is 7.69. The Morgan fingerprint density at radius 2 is 2.14 bits per heavy atom. The largest absolute Gasteiger partial charge is 0.411 e. The summed E-state index contributed by atoms with van der Waals surface area (Å²) in [6.45, 7) is 3.73. The van der Waals surface area contributed by atoms with Crippen molar-refractivity contribution in [2.75, 3.05) is 0 Å². The van der Waals surface area contributed by atoms with Gasteiger partial charge < -0.3 is 8.94 Å². The maximum atomic E-state index is 5.65. The average Bonchev–Trinajstić information content (AvgIpc) is 3.08. The van der Waals surface area contributed by atoms with Crippen LogP contribution in [0.5, 0.6) is 0 Å². The molecule has 3 rings (SSSR count). The fourth-order valence-electron chi connectivity index (χ4n) is 1.68. The van der Waals surface area contributed by atoms with Crippen LogP contribution in [0.25, 0.3) is 11.5 Å². The van der Waals surface area contributed by atoms with E-state index in [-0.39, 0.29) is 5.25 Å². The summed E-state index contributed by atoms with van der Waals surface area (Å²) in [5.74, 6) is 1.63. The van der Waals surface area contributed by atoms with Gasteiger partial charge in [-0.3, -0.25) is 0 Å². The number of benzene rings is 1. The molecule has 0 bridgehead atoms. The first-order valence-electron chi connectivity index (χ1n) is 6.18. The van der Waals surface area contributed by atoms with Crippen LogP contribution in [0.4, 0.5) is 0 Å². The van der Waals surface area contributed by atoms with E-state index >= 15 is 0 Å². The van der Waals surface area contributed by atoms with Crippen LogP contribution in [-0.2, 0) is 0 Å². The Morgan fingerprint density at radius 3 is 2.86 bits per heavy atom. The molecule has 3 aromatic rings. The summed E-state index contributed by atoms with van der Waals surface area (Å²) in [5.41, 5.74) is 0.866. The van der Waals surface area contributed by atoms with Crippen molar-refractivity contribution < 1.29 is 8.94 Å². The second-order valence-corrected chi connectivity index (χ2v) is 6.53. The Hall–Kier alpha value is -1.67. The van der Waals surface area contributed by atoms with Gasteiger partial charge in [0.05, 0.1) is 5.25 Å². The normalized spacial score (nSPS) is 12.5. The lowest BCUT2D eigenvalue weighted by Gasteiger charge is -2.00. The number of nitrogens with zero attached hydrogens (tertiary/aromatic N) is 4. The van der Waals surface area contributed by atoms with E-state index in [0.29, 0.717) is 22.8 Å². The molecule has 2 heterocycles. The molecular weight excluding hydrogens is 356 g/mol. The van der Waals surface area contributed by atoms with Gasteiger partial charge in [-0.25, -0.2) is 0 Å². The zero-order valence-electron chi connectivity index (χ0n) is 11.3. The van der Waals surface area contributed by atoms with Gasteiger partial charge in [0.1, 0.15) is 0 Å². The summed E-state index contributed by atoms with van der Waals surface area (Å²) >= 11 is 4.80. The van der Waals surface area contributed by atoms with Crippen molar-refractivity contribution in [2.45, 2.75) is 24.3 Å². The van der Waals surface area contributed by atoms with Gasteiger partial charge >= 0.3 is 0 Å². The van der Waals surface area contributed by atoms with E-state index in [1.54, 1.807) is 6.92 Å². The Labute approximate surface area is 133 Å². The molecule has 0 aliphatic rings. The molecule has 1 unspecified atom stereocenters. The maximum Gasteiger partial charge on any atom is 0.277 e. The first-order valence-corrected chi connectivity index (χ1v) is 7.85. The van der Waals surface area contributed by atoms with E-state index in [0.717, 1.165) is 10.0 Å². The molecule has 21 heavy (non-hydrogen) atoms. The van der Waals surface area contributed by atoms with Gasteiger partial charge in [0.15, 0.2) is 5.82 Å². The van der Waals surface area contributed by atoms with Crippen LogP contribution < -0.4 is 0 Å². The van der Waals surface area contributed by atoms with Gasteiger partial charge in [0.2, 0.25) is 11.8 Å². The summed E-state index contributed by atoms with van der Waals surface area (Å²) < 4.78 is 11.7. The number of hydrogen-bond donors (Lipinski definition) is 0. The molecule has 0 saturated carbocycles. The molecule has 108 valence electrons. The fourth-order valence-corrected chi connectivity index (χ4v) is 2.79. The lowest BCUT2D eigenvalue weighted by Crippen LogP contribution is -1.88. The second kappa shape index (κ2) is 5.98. The zero-order valence-corrected chi connectivity index (χ0v) is 13.7. The molecular formula is C13H11BrN4O2S. The third-order valence-corrected chi connectivity index (χ3v) is 4.06. The quantitative estimate of drug-likeness (QED) is 0.644. The smallest absolute Gasteiger partial charge is 0.277 e. The van der Waals surface area contributed by atoms with Crippen LogP contribution in [0.3, 0.4) is 0 Å². The van der Waals surface area contributed by atoms with Crippen molar-refractivity contribution in [2.24, 2.45) is 0 Å². The van der Waals surface area contributed by atoms with Gasteiger partial charge in [-0.1, -0.05) is 38.9 Å². The van der Waals surface area contributed by atoms with Crippen LogP contribution in [0.2, 0.25) is 0 Å². The summed E-state index contributed by atoms with van der Waals surface area (Å²) in [4.78, 5) is 4.19. The van der Waals surface area contributed by atoms with Crippen LogP contribution in [0, 0.1) is 6.92 Å². The molecule has 0 spiro atoms. The highest BCUT2D eigenvalue weighted by atomic mass is 79.9. The van der Waals surface area contributed by atoms with Gasteiger partial charge in [-0.05, 0) is 32.0 Å². The molecule has 0 aliphatic carbocycles. The lowest BCUT2D eigenvalue weighted by molar-refractivity contribution is 0.375. The van der Waals surface area contributed by atoms with E-state index in [1.807, 2.05) is 31.2 Å². The Kier molecular flexibility index (Phi) is 4.07. The van der Waals surface area contributed by atoms with Crippen molar-refractivity contribution in [3.8, 4) is 11.5 Å². The van der Waals surface area contributed by atoms with Gasteiger partial charge in [0, 0.05) is 10.0 Å². The third-order valence-electron chi connectivity index (χ3n) is 2.65. The van der Waals surface area contributed by atoms with Crippen molar-refractivity contribution in [1.82, 2.24) is 20.3 Å². The number of halogens is 1. The average molecular weight is 367 g/mol. The van der Waals surface area contributed by atoms with Gasteiger partial charge in [0.25, 0.3) is 5.22 Å². The maximum absolute atomic E-state index is 5.65. The van der Waals surface area contributed by atoms with E-state index in [9.17, 15) is 0 Å². The predicted octanol–water partition coefficient (Wildman–Crippen LogP) is 4.04. The molecule has 8 heteroatoms. The van der Waals surface area contributed by atoms with E-state index in [4.69, 9.17) is 8.94 Å². The summed E-state index contributed by atoms with van der Waals surface area (Å²) in [5, 5.41) is 12.3. The number of hydrogen-bond acceptors (Lipinski definition) is 7. The molecule has 0 fully saturated rings. The van der Waals surface area contributed by atoms with Gasteiger partial charge in [-0.15, -0.1) is 10.2 Å². The Morgan fingerprint density at radius 1 is 1.29 bits per heavy atom. The summed E-state index contributed by atoms with van der Waals surface area (Å²) in [7, 11) is 0. The number of aromatic nitrogens is 4. The molecule has 1 aromatic carbocycles. The van der Waals surface area contributed by atoms with Gasteiger partial charge in [-0.2, -0.15) is 4.98 Å². The van der Waals surface area contributed by atoms with E-state index < -0.39 is 0 Å². The van der Waals surface area contributed by atoms with Crippen molar-refractivity contribution in [3.05, 3.63) is 40.5 Å². The van der Waals surface area contributed by atoms with Crippen LogP contribution in [0.1, 0.15) is 23.9 Å². The number of aryl methyl sites for hydroxylation is 1. The van der Waals surface area contributed by atoms with Crippen molar-refractivity contribution in [1.29, 1.82) is 0 Å². The minimum absolute atomic E-state index is 0.0537. The van der Waals surface area contributed by atoms with E-state index in [1.165, 1.54) is 11.8 Å². The third kappa shape index (κ3) is 3.33. The standard InChI is InChI=1S/C13H11BrN4O2S/c1-7(11-15-8(2)18-20-11)21-13-17-16-12(19-13)9-4-3-5-10(14)6-9/h3-7H,1-2H3. The SMILES string of the molecule is Cc1noc(C(C)Sc2nnc(-c3cccc(Br)c3)o2)n1. The molecule has 2 aromatic heterocycles.